The molecule has 42 heavy (non-hydrogen) atoms. The number of carbonyl (C=O) groups excluding carboxylic acids is 4. The summed E-state index contributed by atoms with van der Waals surface area (Å²) in [6.45, 7) is 1.39. The normalized spacial score (nSPS) is 13.4. The molecule has 240 valence electrons. The SMILES string of the molecule is CC(CC(=O)COCCOCCNC(=O)CCC(CC(=O)C(CS(=O)(=O)O)NC(=O)CCCC(=O)O)C(=O)O)C(=O)O. The number of hydrogen-bond acceptors (Lipinski definition) is 11. The fourth-order valence-electron chi connectivity index (χ4n) is 3.34. The Labute approximate surface area is 242 Å². The predicted octanol–water partition coefficient (Wildman–Crippen LogP) is -1.12. The standard InChI is InChI=1S/C24H38N2O15S/c1-15(23(33)34)11-17(27)13-41-10-9-40-8-7-25-20(29)6-5-16(24(35)36)12-19(28)18(14-42(37,38)39)26-21(30)3-2-4-22(31)32/h15-16,18H,2-14H2,1H3,(H,25,29)(H,26,30)(H,31,32)(H,33,34)(H,35,36)(H,37,38,39). The molecule has 0 bridgehead atoms. The first kappa shape index (κ1) is 38.5. The lowest BCUT2D eigenvalue weighted by atomic mass is 9.94. The van der Waals surface area contributed by atoms with Crippen LogP contribution in [0.3, 0.4) is 0 Å². The van der Waals surface area contributed by atoms with E-state index in [2.05, 4.69) is 10.6 Å². The van der Waals surface area contributed by atoms with Crippen molar-refractivity contribution in [3.05, 3.63) is 0 Å². The van der Waals surface area contributed by atoms with E-state index in [9.17, 15) is 47.1 Å². The molecule has 0 radical (unpaired) electrons. The van der Waals surface area contributed by atoms with Crippen molar-refractivity contribution < 1.29 is 71.3 Å². The Morgan fingerprint density at radius 2 is 1.45 bits per heavy atom. The maximum absolute atomic E-state index is 12.6. The van der Waals surface area contributed by atoms with Crippen LogP contribution in [0.4, 0.5) is 0 Å². The number of amides is 2. The fourth-order valence-corrected chi connectivity index (χ4v) is 4.03. The summed E-state index contributed by atoms with van der Waals surface area (Å²) in [5, 5.41) is 31.4. The van der Waals surface area contributed by atoms with Gasteiger partial charge in [0.05, 0.1) is 31.7 Å². The molecule has 0 saturated heterocycles. The average Bonchev–Trinajstić information content (AvgIpc) is 2.86. The van der Waals surface area contributed by atoms with E-state index in [1.165, 1.54) is 6.92 Å². The monoisotopic (exact) mass is 626 g/mol. The Hall–Kier alpha value is -3.48. The van der Waals surface area contributed by atoms with Gasteiger partial charge < -0.3 is 35.4 Å². The van der Waals surface area contributed by atoms with Gasteiger partial charge in [0, 0.05) is 38.6 Å². The zero-order chi connectivity index (χ0) is 32.3. The zero-order valence-corrected chi connectivity index (χ0v) is 23.9. The van der Waals surface area contributed by atoms with Gasteiger partial charge in [-0.1, -0.05) is 6.92 Å². The number of rotatable bonds is 25. The third-order valence-electron chi connectivity index (χ3n) is 5.57. The van der Waals surface area contributed by atoms with Crippen LogP contribution < -0.4 is 10.6 Å². The van der Waals surface area contributed by atoms with Crippen LogP contribution in [0.5, 0.6) is 0 Å². The van der Waals surface area contributed by atoms with Crippen molar-refractivity contribution in [1.82, 2.24) is 10.6 Å². The van der Waals surface area contributed by atoms with Crippen molar-refractivity contribution in [3.63, 3.8) is 0 Å². The summed E-state index contributed by atoms with van der Waals surface area (Å²) in [6, 6.07) is -1.78. The van der Waals surface area contributed by atoms with Gasteiger partial charge in [-0.2, -0.15) is 8.42 Å². The van der Waals surface area contributed by atoms with E-state index < -0.39 is 75.7 Å². The van der Waals surface area contributed by atoms with Gasteiger partial charge in [-0.05, 0) is 12.8 Å². The maximum Gasteiger partial charge on any atom is 0.306 e. The number of carbonyl (C=O) groups is 7. The highest BCUT2D eigenvalue weighted by Gasteiger charge is 2.30. The van der Waals surface area contributed by atoms with Crippen molar-refractivity contribution in [3.8, 4) is 0 Å². The molecule has 0 heterocycles. The van der Waals surface area contributed by atoms with Crippen LogP contribution in [-0.2, 0) is 53.2 Å². The van der Waals surface area contributed by atoms with Crippen molar-refractivity contribution in [1.29, 1.82) is 0 Å². The van der Waals surface area contributed by atoms with Crippen LogP contribution in [0.2, 0.25) is 0 Å². The second-order valence-electron chi connectivity index (χ2n) is 9.36. The molecule has 0 saturated carbocycles. The second kappa shape index (κ2) is 20.4. The first-order valence-corrected chi connectivity index (χ1v) is 14.5. The highest BCUT2D eigenvalue weighted by atomic mass is 32.2. The molecule has 0 rings (SSSR count). The Balaban J connectivity index is 4.52. The molecule has 3 atom stereocenters. The van der Waals surface area contributed by atoms with Crippen LogP contribution in [0, 0.1) is 11.8 Å². The first-order chi connectivity index (χ1) is 19.5. The molecule has 0 spiro atoms. The van der Waals surface area contributed by atoms with Gasteiger partial charge in [0.2, 0.25) is 11.8 Å². The molecule has 2 amide bonds. The fraction of sp³-hybridized carbons (Fsp3) is 0.708. The number of carboxylic acid groups (broad SMARTS) is 3. The molecule has 0 aliphatic rings. The molecule has 0 aromatic heterocycles. The molecule has 6 N–H and O–H groups in total. The van der Waals surface area contributed by atoms with Crippen molar-refractivity contribution in [2.24, 2.45) is 11.8 Å². The van der Waals surface area contributed by atoms with E-state index in [0.717, 1.165) is 0 Å². The quantitative estimate of drug-likeness (QED) is 0.0517. The smallest absolute Gasteiger partial charge is 0.306 e. The third-order valence-corrected chi connectivity index (χ3v) is 6.33. The first-order valence-electron chi connectivity index (χ1n) is 12.9. The van der Waals surface area contributed by atoms with Crippen molar-refractivity contribution in [2.45, 2.75) is 57.9 Å². The van der Waals surface area contributed by atoms with Gasteiger partial charge in [0.25, 0.3) is 10.1 Å². The Bertz CT molecular complexity index is 1060. The van der Waals surface area contributed by atoms with E-state index in [0.29, 0.717) is 0 Å². The molecule has 0 aliphatic heterocycles. The zero-order valence-electron chi connectivity index (χ0n) is 23.1. The summed E-state index contributed by atoms with van der Waals surface area (Å²) in [5.41, 5.74) is 0. The Morgan fingerprint density at radius 1 is 0.810 bits per heavy atom. The summed E-state index contributed by atoms with van der Waals surface area (Å²) in [6.07, 6.45) is -2.33. The number of Topliss-reactive ketones (excluding diaryl/α,β-unsaturated/α-hetero) is 2. The van der Waals surface area contributed by atoms with Crippen LogP contribution >= 0.6 is 0 Å². The van der Waals surface area contributed by atoms with Gasteiger partial charge in [-0.3, -0.25) is 38.1 Å². The second-order valence-corrected chi connectivity index (χ2v) is 10.9. The number of aliphatic carboxylic acids is 3. The van der Waals surface area contributed by atoms with E-state index in [-0.39, 0.29) is 77.3 Å². The number of carboxylic acids is 3. The highest BCUT2D eigenvalue weighted by molar-refractivity contribution is 7.85. The average molecular weight is 627 g/mol. The van der Waals surface area contributed by atoms with Crippen LogP contribution in [0.1, 0.15) is 51.9 Å². The molecule has 0 fully saturated rings. The van der Waals surface area contributed by atoms with Crippen LogP contribution in [0.25, 0.3) is 0 Å². The lowest BCUT2D eigenvalue weighted by Crippen LogP contribution is -2.46. The minimum absolute atomic E-state index is 0.0505. The molecule has 0 aromatic carbocycles. The summed E-state index contributed by atoms with van der Waals surface area (Å²) in [4.78, 5) is 81.1. The van der Waals surface area contributed by atoms with E-state index in [1.54, 1.807) is 0 Å². The highest BCUT2D eigenvalue weighted by Crippen LogP contribution is 2.15. The minimum atomic E-state index is -4.76. The molecular formula is C24H38N2O15S. The molecular weight excluding hydrogens is 588 g/mol. The van der Waals surface area contributed by atoms with E-state index >= 15 is 0 Å². The van der Waals surface area contributed by atoms with Crippen molar-refractivity contribution in [2.75, 3.05) is 38.7 Å². The number of ether oxygens (including phenoxy) is 2. The largest absolute Gasteiger partial charge is 0.481 e. The maximum atomic E-state index is 12.6. The Morgan fingerprint density at radius 3 is 2.02 bits per heavy atom. The van der Waals surface area contributed by atoms with Gasteiger partial charge in [0.15, 0.2) is 11.6 Å². The summed E-state index contributed by atoms with van der Waals surface area (Å²) >= 11 is 0. The lowest BCUT2D eigenvalue weighted by Gasteiger charge is -2.19. The third kappa shape index (κ3) is 20.4. The molecule has 18 heteroatoms. The van der Waals surface area contributed by atoms with E-state index in [1.807, 2.05) is 0 Å². The van der Waals surface area contributed by atoms with Gasteiger partial charge >= 0.3 is 17.9 Å². The van der Waals surface area contributed by atoms with E-state index in [4.69, 9.17) is 24.2 Å². The molecule has 17 nitrogen and oxygen atoms in total. The number of nitrogens with one attached hydrogen (secondary N) is 2. The van der Waals surface area contributed by atoms with Gasteiger partial charge in [-0.15, -0.1) is 0 Å². The van der Waals surface area contributed by atoms with Crippen molar-refractivity contribution >= 4 is 51.4 Å². The minimum Gasteiger partial charge on any atom is -0.481 e. The molecule has 3 unspecified atom stereocenters. The topological polar surface area (TPSA) is 277 Å². The van der Waals surface area contributed by atoms with Gasteiger partial charge in [-0.25, -0.2) is 0 Å². The number of ketones is 2. The summed E-state index contributed by atoms with van der Waals surface area (Å²) in [5.74, 6) is -9.96. The Kier molecular flexibility index (Phi) is 18.7. The van der Waals surface area contributed by atoms with Gasteiger partial charge in [0.1, 0.15) is 18.4 Å². The number of hydrogen-bond donors (Lipinski definition) is 6. The molecule has 0 aromatic rings. The van der Waals surface area contributed by atoms with Crippen LogP contribution in [-0.4, -0.2) is 114 Å². The summed E-state index contributed by atoms with van der Waals surface area (Å²) < 4.78 is 42.0. The lowest BCUT2D eigenvalue weighted by molar-refractivity contribution is -0.144. The predicted molar refractivity (Wildman–Crippen MR) is 141 cm³/mol. The summed E-state index contributed by atoms with van der Waals surface area (Å²) in [7, 11) is -4.76. The van der Waals surface area contributed by atoms with Crippen LogP contribution in [0.15, 0.2) is 0 Å². The molecule has 0 aliphatic carbocycles.